The molecule has 0 unspecified atom stereocenters. The molecule has 2 rings (SSSR count). The first-order valence-electron chi connectivity index (χ1n) is 5.42. The van der Waals surface area contributed by atoms with Gasteiger partial charge >= 0.3 is 0 Å². The van der Waals surface area contributed by atoms with Crippen molar-refractivity contribution < 1.29 is 10.2 Å². The monoisotopic (exact) mass is 226 g/mol. The van der Waals surface area contributed by atoms with Crippen LogP contribution in [0.3, 0.4) is 0 Å². The molecule has 0 atom stereocenters. The quantitative estimate of drug-likeness (QED) is 0.768. The van der Waals surface area contributed by atoms with Gasteiger partial charge in [-0.05, 0) is 47.9 Å². The van der Waals surface area contributed by atoms with Gasteiger partial charge < -0.3 is 10.2 Å². The van der Waals surface area contributed by atoms with E-state index in [1.165, 1.54) is 0 Å². The fraction of sp³-hybridized carbons (Fsp3) is 0.0667. The molecule has 0 aliphatic carbocycles. The van der Waals surface area contributed by atoms with Crippen LogP contribution in [0.25, 0.3) is 12.2 Å². The van der Waals surface area contributed by atoms with Crippen LogP contribution in [-0.4, -0.2) is 10.2 Å². The highest BCUT2D eigenvalue weighted by Crippen LogP contribution is 2.18. The van der Waals surface area contributed by atoms with Crippen molar-refractivity contribution in [3.63, 3.8) is 0 Å². The Morgan fingerprint density at radius 1 is 0.824 bits per heavy atom. The third kappa shape index (κ3) is 2.88. The van der Waals surface area contributed by atoms with Crippen LogP contribution in [0.2, 0.25) is 0 Å². The maximum absolute atomic E-state index is 9.30. The fourth-order valence-electron chi connectivity index (χ4n) is 1.62. The van der Waals surface area contributed by atoms with Crippen molar-refractivity contribution in [1.82, 2.24) is 0 Å². The van der Waals surface area contributed by atoms with Crippen LogP contribution >= 0.6 is 0 Å². The zero-order valence-electron chi connectivity index (χ0n) is 9.59. The molecule has 0 aliphatic rings. The lowest BCUT2D eigenvalue weighted by molar-refractivity contribution is 0.474. The van der Waals surface area contributed by atoms with Crippen LogP contribution < -0.4 is 0 Å². The molecule has 86 valence electrons. The Labute approximate surface area is 100 Å². The summed E-state index contributed by atoms with van der Waals surface area (Å²) < 4.78 is 0. The van der Waals surface area contributed by atoms with E-state index in [1.807, 2.05) is 37.3 Å². The predicted octanol–water partition coefficient (Wildman–Crippen LogP) is 3.58. The Balaban J connectivity index is 2.23. The average Bonchev–Trinajstić information content (AvgIpc) is 2.30. The molecular weight excluding hydrogens is 212 g/mol. The first-order chi connectivity index (χ1) is 8.15. The number of benzene rings is 2. The lowest BCUT2D eigenvalue weighted by atomic mass is 10.1. The van der Waals surface area contributed by atoms with E-state index in [0.29, 0.717) is 0 Å². The summed E-state index contributed by atoms with van der Waals surface area (Å²) >= 11 is 0. The van der Waals surface area contributed by atoms with Gasteiger partial charge in [0.2, 0.25) is 0 Å². The Morgan fingerprint density at radius 3 is 2.12 bits per heavy atom. The lowest BCUT2D eigenvalue weighted by Gasteiger charge is -2.01. The first-order valence-corrected chi connectivity index (χ1v) is 5.42. The third-order valence-electron chi connectivity index (χ3n) is 2.60. The zero-order valence-corrected chi connectivity index (χ0v) is 9.59. The molecule has 2 nitrogen and oxygen atoms in total. The summed E-state index contributed by atoms with van der Waals surface area (Å²) in [7, 11) is 0. The molecule has 0 aromatic heterocycles. The molecule has 0 fully saturated rings. The van der Waals surface area contributed by atoms with Crippen LogP contribution in [0.15, 0.2) is 42.5 Å². The van der Waals surface area contributed by atoms with Crippen LogP contribution in [-0.2, 0) is 0 Å². The Hall–Kier alpha value is -2.22. The van der Waals surface area contributed by atoms with Gasteiger partial charge in [-0.25, -0.2) is 0 Å². The van der Waals surface area contributed by atoms with Gasteiger partial charge in [-0.2, -0.15) is 0 Å². The van der Waals surface area contributed by atoms with Crippen molar-refractivity contribution in [2.45, 2.75) is 6.92 Å². The Morgan fingerprint density at radius 2 is 1.47 bits per heavy atom. The van der Waals surface area contributed by atoms with Crippen LogP contribution in [0, 0.1) is 6.92 Å². The minimum Gasteiger partial charge on any atom is -0.508 e. The van der Waals surface area contributed by atoms with Crippen LogP contribution in [0.4, 0.5) is 0 Å². The zero-order chi connectivity index (χ0) is 12.3. The number of phenolic OH excluding ortho intramolecular Hbond substituents is 2. The second-order valence-corrected chi connectivity index (χ2v) is 3.97. The second kappa shape index (κ2) is 4.74. The average molecular weight is 226 g/mol. The summed E-state index contributed by atoms with van der Waals surface area (Å²) in [5.74, 6) is 0.548. The molecule has 0 radical (unpaired) electrons. The van der Waals surface area contributed by atoms with E-state index < -0.39 is 0 Å². The van der Waals surface area contributed by atoms with Gasteiger partial charge in [0, 0.05) is 0 Å². The molecule has 0 saturated heterocycles. The molecule has 0 spiro atoms. The highest BCUT2D eigenvalue weighted by molar-refractivity contribution is 5.71. The van der Waals surface area contributed by atoms with Gasteiger partial charge in [0.1, 0.15) is 11.5 Å². The largest absolute Gasteiger partial charge is 0.508 e. The van der Waals surface area contributed by atoms with Gasteiger partial charge in [-0.1, -0.05) is 30.4 Å². The van der Waals surface area contributed by atoms with E-state index in [9.17, 15) is 5.11 Å². The fourth-order valence-corrected chi connectivity index (χ4v) is 1.62. The normalized spacial score (nSPS) is 10.9. The van der Waals surface area contributed by atoms with Crippen molar-refractivity contribution in [3.8, 4) is 11.5 Å². The minimum atomic E-state index is 0.267. The number of phenols is 2. The van der Waals surface area contributed by atoms with E-state index in [1.54, 1.807) is 24.3 Å². The molecule has 2 heteroatoms. The highest BCUT2D eigenvalue weighted by atomic mass is 16.3. The van der Waals surface area contributed by atoms with E-state index in [0.717, 1.165) is 16.7 Å². The molecule has 0 heterocycles. The summed E-state index contributed by atoms with van der Waals surface area (Å²) in [5.41, 5.74) is 3.12. The van der Waals surface area contributed by atoms with E-state index in [-0.39, 0.29) is 11.5 Å². The van der Waals surface area contributed by atoms with Crippen molar-refractivity contribution in [1.29, 1.82) is 0 Å². The lowest BCUT2D eigenvalue weighted by Crippen LogP contribution is -1.79. The summed E-state index contributed by atoms with van der Waals surface area (Å²) in [5, 5.41) is 18.5. The maximum atomic E-state index is 9.30. The van der Waals surface area contributed by atoms with Gasteiger partial charge in [0.05, 0.1) is 0 Å². The van der Waals surface area contributed by atoms with Crippen molar-refractivity contribution in [2.75, 3.05) is 0 Å². The van der Waals surface area contributed by atoms with Gasteiger partial charge in [0.25, 0.3) is 0 Å². The molecule has 2 aromatic rings. The number of rotatable bonds is 2. The number of aromatic hydroxyl groups is 2. The number of aryl methyl sites for hydroxylation is 1. The number of hydrogen-bond donors (Lipinski definition) is 2. The standard InChI is InChI=1S/C15H14O2/c1-11-10-15(17)9-6-13(11)5-2-12-3-7-14(16)8-4-12/h2-10,16-17H,1H3. The van der Waals surface area contributed by atoms with Gasteiger partial charge in [-0.15, -0.1) is 0 Å². The first kappa shape index (κ1) is 11.3. The molecule has 0 bridgehead atoms. The molecule has 17 heavy (non-hydrogen) atoms. The number of hydrogen-bond acceptors (Lipinski definition) is 2. The molecule has 2 aromatic carbocycles. The highest BCUT2D eigenvalue weighted by Gasteiger charge is 1.95. The molecule has 0 saturated carbocycles. The summed E-state index contributed by atoms with van der Waals surface area (Å²) in [6.45, 7) is 1.95. The van der Waals surface area contributed by atoms with Crippen molar-refractivity contribution in [3.05, 3.63) is 59.2 Å². The molecular formula is C15H14O2. The smallest absolute Gasteiger partial charge is 0.115 e. The molecule has 0 amide bonds. The minimum absolute atomic E-state index is 0.267. The second-order valence-electron chi connectivity index (χ2n) is 3.97. The predicted molar refractivity (Wildman–Crippen MR) is 69.9 cm³/mol. The van der Waals surface area contributed by atoms with Crippen molar-refractivity contribution >= 4 is 12.2 Å². The topological polar surface area (TPSA) is 40.5 Å². The summed E-state index contributed by atoms with van der Waals surface area (Å²) in [6, 6.07) is 12.3. The SMILES string of the molecule is Cc1cc(O)ccc1C=Cc1ccc(O)cc1. The van der Waals surface area contributed by atoms with Gasteiger partial charge in [-0.3, -0.25) is 0 Å². The van der Waals surface area contributed by atoms with E-state index >= 15 is 0 Å². The van der Waals surface area contributed by atoms with Crippen LogP contribution in [0.1, 0.15) is 16.7 Å². The summed E-state index contributed by atoms with van der Waals surface area (Å²) in [4.78, 5) is 0. The van der Waals surface area contributed by atoms with Crippen molar-refractivity contribution in [2.24, 2.45) is 0 Å². The maximum Gasteiger partial charge on any atom is 0.115 e. The summed E-state index contributed by atoms with van der Waals surface area (Å²) in [6.07, 6.45) is 3.96. The van der Waals surface area contributed by atoms with Gasteiger partial charge in [0.15, 0.2) is 0 Å². The van der Waals surface area contributed by atoms with E-state index in [2.05, 4.69) is 0 Å². The Bertz CT molecular complexity index is 539. The third-order valence-corrected chi connectivity index (χ3v) is 2.60. The van der Waals surface area contributed by atoms with Crippen LogP contribution in [0.5, 0.6) is 11.5 Å². The Kier molecular flexibility index (Phi) is 3.15. The van der Waals surface area contributed by atoms with E-state index in [4.69, 9.17) is 5.11 Å². The molecule has 2 N–H and O–H groups in total. The molecule has 0 aliphatic heterocycles.